The average Bonchev–Trinajstić information content (AvgIpc) is 2.23. The van der Waals surface area contributed by atoms with Gasteiger partial charge in [-0.3, -0.25) is 9.36 Å². The van der Waals surface area contributed by atoms with Gasteiger partial charge < -0.3 is 20.1 Å². The van der Waals surface area contributed by atoms with Gasteiger partial charge in [-0.05, 0) is 19.1 Å². The fourth-order valence-corrected chi connectivity index (χ4v) is 2.55. The predicted octanol–water partition coefficient (Wildman–Crippen LogP) is 1.45. The van der Waals surface area contributed by atoms with Crippen LogP contribution in [-0.4, -0.2) is 14.4 Å². The van der Waals surface area contributed by atoms with E-state index >= 15 is 0 Å². The highest BCUT2D eigenvalue weighted by Crippen LogP contribution is 2.37. The zero-order valence-electron chi connectivity index (χ0n) is 10.1. The Kier molecular flexibility index (Phi) is 4.43. The maximum absolute atomic E-state index is 12.0. The highest BCUT2D eigenvalue weighted by Gasteiger charge is 2.17. The number of fused-ring (bicyclic) bond motifs is 1. The molecule has 1 heterocycles. The number of aromatic nitrogens is 1. The molecule has 1 aromatic carbocycles. The van der Waals surface area contributed by atoms with E-state index in [9.17, 15) is 9.36 Å². The topological polar surface area (TPSA) is 106 Å². The van der Waals surface area contributed by atoms with Crippen LogP contribution in [0.15, 0.2) is 29.2 Å². The van der Waals surface area contributed by atoms with E-state index in [1.165, 1.54) is 10.8 Å². The summed E-state index contributed by atoms with van der Waals surface area (Å²) in [5.41, 5.74) is 6.66. The van der Waals surface area contributed by atoms with Gasteiger partial charge in [0.25, 0.3) is 0 Å². The summed E-state index contributed by atoms with van der Waals surface area (Å²) < 4.78 is 12.5. The van der Waals surface area contributed by atoms with Gasteiger partial charge in [0, 0.05) is 17.4 Å². The number of hydrogen-bond acceptors (Lipinski definition) is 3. The van der Waals surface area contributed by atoms with E-state index in [1.54, 1.807) is 25.1 Å². The van der Waals surface area contributed by atoms with Crippen molar-refractivity contribution in [2.45, 2.75) is 13.2 Å². The van der Waals surface area contributed by atoms with E-state index in [4.69, 9.17) is 15.5 Å². The van der Waals surface area contributed by atoms with Gasteiger partial charge in [-0.15, -0.1) is 12.4 Å². The molecule has 4 N–H and O–H groups in total. The van der Waals surface area contributed by atoms with Gasteiger partial charge in [0.05, 0.1) is 10.9 Å². The van der Waals surface area contributed by atoms with Crippen molar-refractivity contribution in [2.75, 3.05) is 5.73 Å². The average molecular weight is 305 g/mol. The van der Waals surface area contributed by atoms with Crippen LogP contribution in [0.25, 0.3) is 10.9 Å². The Balaban J connectivity index is 0.00000180. The molecule has 0 amide bonds. The van der Waals surface area contributed by atoms with Crippen LogP contribution in [0.4, 0.5) is 5.69 Å². The summed E-state index contributed by atoms with van der Waals surface area (Å²) in [4.78, 5) is 30.1. The second-order valence-electron chi connectivity index (χ2n) is 4.16. The quantitative estimate of drug-likeness (QED) is 0.575. The van der Waals surface area contributed by atoms with Crippen LogP contribution in [0.3, 0.4) is 0 Å². The first kappa shape index (κ1) is 15.7. The molecule has 0 bridgehead atoms. The van der Waals surface area contributed by atoms with Crippen LogP contribution in [0.1, 0.15) is 5.56 Å². The summed E-state index contributed by atoms with van der Waals surface area (Å²) in [6.07, 6.45) is 0.956. The molecule has 0 atom stereocenters. The summed E-state index contributed by atoms with van der Waals surface area (Å²) in [7, 11) is -4.22. The zero-order valence-corrected chi connectivity index (χ0v) is 11.8. The Morgan fingerprint density at radius 3 is 2.58 bits per heavy atom. The van der Waals surface area contributed by atoms with Crippen molar-refractivity contribution in [3.63, 3.8) is 0 Å². The smallest absolute Gasteiger partial charge is 0.345 e. The Morgan fingerprint density at radius 1 is 1.37 bits per heavy atom. The van der Waals surface area contributed by atoms with Crippen LogP contribution in [0.5, 0.6) is 0 Å². The van der Waals surface area contributed by atoms with Gasteiger partial charge in [0.1, 0.15) is 6.29 Å². The first-order chi connectivity index (χ1) is 8.29. The summed E-state index contributed by atoms with van der Waals surface area (Å²) >= 11 is 0. The number of aryl methyl sites for hydroxylation is 1. The van der Waals surface area contributed by atoms with Crippen LogP contribution >= 0.6 is 20.0 Å². The minimum absolute atomic E-state index is 0. The lowest BCUT2D eigenvalue weighted by Crippen LogP contribution is -2.14. The van der Waals surface area contributed by atoms with Gasteiger partial charge in [0.15, 0.2) is 5.43 Å². The Labute approximate surface area is 115 Å². The number of pyridine rings is 1. The Morgan fingerprint density at radius 2 is 2.00 bits per heavy atom. The second kappa shape index (κ2) is 5.35. The molecule has 0 saturated carbocycles. The number of halogens is 1. The number of hydrogen-bond donors (Lipinski definition) is 3. The fourth-order valence-electron chi connectivity index (χ4n) is 1.92. The molecule has 19 heavy (non-hydrogen) atoms. The summed E-state index contributed by atoms with van der Waals surface area (Å²) in [5, 5.41) is 0.297. The van der Waals surface area contributed by atoms with Gasteiger partial charge in [0.2, 0.25) is 0 Å². The van der Waals surface area contributed by atoms with Crippen LogP contribution in [-0.2, 0) is 10.9 Å². The Bertz CT molecular complexity index is 722. The third-order valence-electron chi connectivity index (χ3n) is 2.66. The summed E-state index contributed by atoms with van der Waals surface area (Å²) in [5.74, 6) is 0. The van der Waals surface area contributed by atoms with Crippen molar-refractivity contribution >= 4 is 36.6 Å². The lowest BCUT2D eigenvalue weighted by molar-refractivity contribution is 0.363. The monoisotopic (exact) mass is 304 g/mol. The molecular weight excluding hydrogens is 291 g/mol. The SMILES string of the molecule is Cc1cn(CP(=O)(O)O)c2cccc(N)c2c1=O.Cl. The molecule has 0 aliphatic heterocycles. The highest BCUT2D eigenvalue weighted by atomic mass is 35.5. The third kappa shape index (κ3) is 3.16. The first-order valence-electron chi connectivity index (χ1n) is 5.22. The van der Waals surface area contributed by atoms with E-state index in [1.807, 2.05) is 0 Å². The molecule has 1 aromatic heterocycles. The van der Waals surface area contributed by atoms with Crippen molar-refractivity contribution in [1.29, 1.82) is 0 Å². The number of nitrogens with zero attached hydrogens (tertiary/aromatic N) is 1. The predicted molar refractivity (Wildman–Crippen MR) is 76.6 cm³/mol. The first-order valence-corrected chi connectivity index (χ1v) is 7.02. The van der Waals surface area contributed by atoms with Crippen LogP contribution < -0.4 is 11.2 Å². The van der Waals surface area contributed by atoms with E-state index in [-0.39, 0.29) is 17.8 Å². The minimum Gasteiger partial charge on any atom is -0.398 e. The Hall–Kier alpha value is -1.33. The maximum Gasteiger partial charge on any atom is 0.345 e. The molecule has 0 aliphatic rings. The van der Waals surface area contributed by atoms with Crippen molar-refractivity contribution < 1.29 is 14.4 Å². The van der Waals surface area contributed by atoms with E-state index in [0.29, 0.717) is 22.2 Å². The van der Waals surface area contributed by atoms with Gasteiger partial charge in [-0.25, -0.2) is 0 Å². The standard InChI is InChI=1S/C11H13N2O4P.ClH/c1-7-5-13(6-18(15,16)17)9-4-2-3-8(12)10(9)11(7)14;/h2-5H,6,12H2,1H3,(H2,15,16,17);1H. The van der Waals surface area contributed by atoms with Crippen molar-refractivity contribution in [2.24, 2.45) is 0 Å². The van der Waals surface area contributed by atoms with Crippen LogP contribution in [0.2, 0.25) is 0 Å². The minimum atomic E-state index is -4.22. The van der Waals surface area contributed by atoms with Gasteiger partial charge >= 0.3 is 7.60 Å². The molecular formula is C11H14ClN2O4P. The van der Waals surface area contributed by atoms with E-state index < -0.39 is 13.9 Å². The van der Waals surface area contributed by atoms with Crippen molar-refractivity contribution in [1.82, 2.24) is 4.57 Å². The molecule has 2 rings (SSSR count). The van der Waals surface area contributed by atoms with Gasteiger partial charge in [-0.2, -0.15) is 0 Å². The third-order valence-corrected chi connectivity index (χ3v) is 3.33. The molecule has 104 valence electrons. The molecule has 0 aliphatic carbocycles. The summed E-state index contributed by atoms with van der Waals surface area (Å²) in [6.45, 7) is 1.59. The molecule has 6 nitrogen and oxygen atoms in total. The number of benzene rings is 1. The normalized spacial score (nSPS) is 11.3. The van der Waals surface area contributed by atoms with E-state index in [0.717, 1.165) is 0 Å². The molecule has 2 aromatic rings. The van der Waals surface area contributed by atoms with Crippen LogP contribution in [0, 0.1) is 6.92 Å². The zero-order chi connectivity index (χ0) is 13.5. The van der Waals surface area contributed by atoms with Crippen molar-refractivity contribution in [3.8, 4) is 0 Å². The number of rotatable bonds is 2. The fraction of sp³-hybridized carbons (Fsp3) is 0.182. The lowest BCUT2D eigenvalue weighted by Gasteiger charge is -2.13. The van der Waals surface area contributed by atoms with E-state index in [2.05, 4.69) is 0 Å². The maximum atomic E-state index is 12.0. The molecule has 0 radical (unpaired) electrons. The van der Waals surface area contributed by atoms with Crippen molar-refractivity contribution in [3.05, 3.63) is 40.2 Å². The molecule has 0 unspecified atom stereocenters. The second-order valence-corrected chi connectivity index (χ2v) is 5.77. The largest absolute Gasteiger partial charge is 0.398 e. The van der Waals surface area contributed by atoms with Gasteiger partial charge in [-0.1, -0.05) is 6.07 Å². The summed E-state index contributed by atoms with van der Waals surface area (Å²) in [6, 6.07) is 4.84. The lowest BCUT2D eigenvalue weighted by atomic mass is 10.1. The molecule has 8 heteroatoms. The molecule has 0 fully saturated rings. The molecule has 0 spiro atoms. The number of nitrogens with two attached hydrogens (primary N) is 1. The number of nitrogen functional groups attached to an aromatic ring is 1. The highest BCUT2D eigenvalue weighted by molar-refractivity contribution is 7.50. The number of anilines is 1. The molecule has 0 saturated heterocycles.